The summed E-state index contributed by atoms with van der Waals surface area (Å²) in [5.74, 6) is 1.37. The smallest absolute Gasteiger partial charge is 0.410 e. The highest BCUT2D eigenvalue weighted by Crippen LogP contribution is 2.30. The molecule has 0 aliphatic carbocycles. The van der Waals surface area contributed by atoms with Crippen molar-refractivity contribution < 1.29 is 9.53 Å². The SMILES string of the molecule is CC1CCN(C(=O)OC2CN3CCC2CC3)CC1. The number of hydrogen-bond donors (Lipinski definition) is 0. The zero-order valence-electron chi connectivity index (χ0n) is 11.3. The predicted molar refractivity (Wildman–Crippen MR) is 69.4 cm³/mol. The Kier molecular flexibility index (Phi) is 3.46. The van der Waals surface area contributed by atoms with E-state index in [4.69, 9.17) is 4.74 Å². The van der Waals surface area contributed by atoms with Crippen LogP contribution in [0.3, 0.4) is 0 Å². The van der Waals surface area contributed by atoms with Gasteiger partial charge in [0, 0.05) is 19.6 Å². The lowest BCUT2D eigenvalue weighted by Gasteiger charge is -2.44. The van der Waals surface area contributed by atoms with Crippen molar-refractivity contribution >= 4 is 6.09 Å². The van der Waals surface area contributed by atoms with Gasteiger partial charge in [-0.05, 0) is 50.6 Å². The second-order valence-electron chi connectivity index (χ2n) is 6.23. The Labute approximate surface area is 109 Å². The Morgan fingerprint density at radius 2 is 1.72 bits per heavy atom. The van der Waals surface area contributed by atoms with E-state index in [-0.39, 0.29) is 12.2 Å². The normalized spacial score (nSPS) is 36.7. The van der Waals surface area contributed by atoms with Gasteiger partial charge in [-0.3, -0.25) is 4.90 Å². The Balaban J connectivity index is 1.52. The van der Waals surface area contributed by atoms with E-state index >= 15 is 0 Å². The molecule has 0 aromatic rings. The van der Waals surface area contributed by atoms with Crippen LogP contribution in [0.25, 0.3) is 0 Å². The number of rotatable bonds is 1. The van der Waals surface area contributed by atoms with Crippen LogP contribution in [0.2, 0.25) is 0 Å². The number of ether oxygens (including phenoxy) is 1. The number of carbonyl (C=O) groups is 1. The molecule has 4 heterocycles. The van der Waals surface area contributed by atoms with E-state index in [1.807, 2.05) is 4.90 Å². The third-order valence-corrected chi connectivity index (χ3v) is 4.89. The van der Waals surface area contributed by atoms with Crippen LogP contribution in [-0.4, -0.2) is 54.7 Å². The van der Waals surface area contributed by atoms with E-state index < -0.39 is 0 Å². The molecule has 4 fully saturated rings. The summed E-state index contributed by atoms with van der Waals surface area (Å²) in [6.45, 7) is 7.36. The first kappa shape index (κ1) is 12.3. The maximum Gasteiger partial charge on any atom is 0.410 e. The second kappa shape index (κ2) is 5.08. The third-order valence-electron chi connectivity index (χ3n) is 4.89. The van der Waals surface area contributed by atoms with Gasteiger partial charge in [0.2, 0.25) is 0 Å². The van der Waals surface area contributed by atoms with Crippen molar-refractivity contribution in [3.05, 3.63) is 0 Å². The maximum absolute atomic E-state index is 12.1. The van der Waals surface area contributed by atoms with Crippen LogP contribution in [-0.2, 0) is 4.74 Å². The number of fused-ring (bicyclic) bond motifs is 3. The van der Waals surface area contributed by atoms with Crippen LogP contribution in [0.1, 0.15) is 32.6 Å². The number of amides is 1. The minimum Gasteiger partial charge on any atom is -0.444 e. The van der Waals surface area contributed by atoms with Gasteiger partial charge < -0.3 is 9.64 Å². The highest BCUT2D eigenvalue weighted by atomic mass is 16.6. The van der Waals surface area contributed by atoms with Crippen LogP contribution in [0.4, 0.5) is 4.79 Å². The molecule has 102 valence electrons. The molecule has 4 nitrogen and oxygen atoms in total. The molecule has 1 atom stereocenters. The van der Waals surface area contributed by atoms with Gasteiger partial charge in [0.1, 0.15) is 6.10 Å². The molecule has 0 N–H and O–H groups in total. The van der Waals surface area contributed by atoms with Crippen molar-refractivity contribution in [1.29, 1.82) is 0 Å². The van der Waals surface area contributed by atoms with E-state index in [2.05, 4.69) is 11.8 Å². The van der Waals surface area contributed by atoms with Crippen LogP contribution in [0.5, 0.6) is 0 Å². The lowest BCUT2D eigenvalue weighted by molar-refractivity contribution is -0.0455. The number of likely N-dealkylation sites (tertiary alicyclic amines) is 1. The molecule has 0 aromatic carbocycles. The fourth-order valence-electron chi connectivity index (χ4n) is 3.44. The second-order valence-corrected chi connectivity index (χ2v) is 6.23. The third kappa shape index (κ3) is 2.48. The molecular weight excluding hydrogens is 228 g/mol. The van der Waals surface area contributed by atoms with Gasteiger partial charge in [-0.2, -0.15) is 0 Å². The highest BCUT2D eigenvalue weighted by Gasteiger charge is 2.37. The Morgan fingerprint density at radius 3 is 2.28 bits per heavy atom. The molecule has 2 bridgehead atoms. The lowest BCUT2D eigenvalue weighted by Crippen LogP contribution is -2.53. The van der Waals surface area contributed by atoms with Gasteiger partial charge in [0.25, 0.3) is 0 Å². The van der Waals surface area contributed by atoms with E-state index in [0.717, 1.165) is 38.4 Å². The fraction of sp³-hybridized carbons (Fsp3) is 0.929. The number of nitrogens with zero attached hydrogens (tertiary/aromatic N) is 2. The Morgan fingerprint density at radius 1 is 1.06 bits per heavy atom. The predicted octanol–water partition coefficient (Wildman–Crippen LogP) is 1.95. The summed E-state index contributed by atoms with van der Waals surface area (Å²) in [5.41, 5.74) is 0. The average molecular weight is 252 g/mol. The molecule has 0 aromatic heterocycles. The summed E-state index contributed by atoms with van der Waals surface area (Å²) in [5, 5.41) is 0. The molecule has 4 heteroatoms. The highest BCUT2D eigenvalue weighted by molar-refractivity contribution is 5.68. The van der Waals surface area contributed by atoms with Crippen molar-refractivity contribution in [1.82, 2.24) is 9.80 Å². The van der Waals surface area contributed by atoms with Crippen molar-refractivity contribution in [3.63, 3.8) is 0 Å². The topological polar surface area (TPSA) is 32.8 Å². The molecule has 4 saturated heterocycles. The molecule has 4 rings (SSSR count). The molecule has 1 unspecified atom stereocenters. The first-order valence-electron chi connectivity index (χ1n) is 7.40. The average Bonchev–Trinajstić information content (AvgIpc) is 2.41. The molecule has 4 aliphatic heterocycles. The minimum absolute atomic E-state index is 0.0688. The van der Waals surface area contributed by atoms with Gasteiger partial charge in [-0.1, -0.05) is 6.92 Å². The van der Waals surface area contributed by atoms with Crippen molar-refractivity contribution in [2.24, 2.45) is 11.8 Å². The summed E-state index contributed by atoms with van der Waals surface area (Å²) in [6, 6.07) is 0. The molecular formula is C14H24N2O2. The Hall–Kier alpha value is -0.770. The van der Waals surface area contributed by atoms with Crippen molar-refractivity contribution in [2.75, 3.05) is 32.7 Å². The maximum atomic E-state index is 12.1. The van der Waals surface area contributed by atoms with Crippen LogP contribution < -0.4 is 0 Å². The van der Waals surface area contributed by atoms with Crippen LogP contribution in [0.15, 0.2) is 0 Å². The summed E-state index contributed by atoms with van der Waals surface area (Å²) in [7, 11) is 0. The standard InChI is InChI=1S/C14H24N2O2/c1-11-2-8-16(9-3-11)14(17)18-13-10-15-6-4-12(13)5-7-15/h11-13H,2-10H2,1H3. The van der Waals surface area contributed by atoms with Gasteiger partial charge in [-0.25, -0.2) is 4.79 Å². The number of hydrogen-bond acceptors (Lipinski definition) is 3. The van der Waals surface area contributed by atoms with E-state index in [0.29, 0.717) is 5.92 Å². The molecule has 4 aliphatic rings. The van der Waals surface area contributed by atoms with E-state index in [1.165, 1.54) is 25.9 Å². The lowest BCUT2D eigenvalue weighted by atomic mass is 9.86. The van der Waals surface area contributed by atoms with Crippen LogP contribution >= 0.6 is 0 Å². The van der Waals surface area contributed by atoms with Gasteiger partial charge in [-0.15, -0.1) is 0 Å². The summed E-state index contributed by atoms with van der Waals surface area (Å²) < 4.78 is 5.75. The molecule has 0 radical (unpaired) electrons. The van der Waals surface area contributed by atoms with Gasteiger partial charge >= 0.3 is 6.09 Å². The summed E-state index contributed by atoms with van der Waals surface area (Å²) in [4.78, 5) is 16.5. The zero-order valence-corrected chi connectivity index (χ0v) is 11.3. The van der Waals surface area contributed by atoms with Crippen LogP contribution in [0, 0.1) is 11.8 Å². The minimum atomic E-state index is -0.0688. The summed E-state index contributed by atoms with van der Waals surface area (Å²) in [6.07, 6.45) is 4.73. The first-order valence-corrected chi connectivity index (χ1v) is 7.40. The Bertz CT molecular complexity index is 305. The van der Waals surface area contributed by atoms with Gasteiger partial charge in [0.15, 0.2) is 0 Å². The monoisotopic (exact) mass is 252 g/mol. The fourth-order valence-corrected chi connectivity index (χ4v) is 3.44. The molecule has 0 saturated carbocycles. The largest absolute Gasteiger partial charge is 0.444 e. The number of carbonyl (C=O) groups excluding carboxylic acids is 1. The zero-order chi connectivity index (χ0) is 12.5. The molecule has 0 spiro atoms. The van der Waals surface area contributed by atoms with Crippen molar-refractivity contribution in [2.45, 2.75) is 38.7 Å². The van der Waals surface area contributed by atoms with E-state index in [9.17, 15) is 4.79 Å². The van der Waals surface area contributed by atoms with Crippen molar-refractivity contribution in [3.8, 4) is 0 Å². The molecule has 18 heavy (non-hydrogen) atoms. The summed E-state index contributed by atoms with van der Waals surface area (Å²) >= 11 is 0. The van der Waals surface area contributed by atoms with E-state index in [1.54, 1.807) is 0 Å². The first-order chi connectivity index (χ1) is 8.72. The quantitative estimate of drug-likeness (QED) is 0.715. The molecule has 1 amide bonds. The van der Waals surface area contributed by atoms with Gasteiger partial charge in [0.05, 0.1) is 0 Å². The number of piperidine rings is 4.